The average molecular weight is 230 g/mol. The molecule has 0 unspecified atom stereocenters. The summed E-state index contributed by atoms with van der Waals surface area (Å²) in [5.74, 6) is -0.488. The molecule has 1 amide bonds. The lowest BCUT2D eigenvalue weighted by Crippen LogP contribution is -2.35. The largest absolute Gasteiger partial charge is 0.433 e. The highest BCUT2D eigenvalue weighted by Gasteiger charge is 2.53. The van der Waals surface area contributed by atoms with E-state index in [2.05, 4.69) is 10.1 Å². The zero-order chi connectivity index (χ0) is 11.8. The van der Waals surface area contributed by atoms with Crippen LogP contribution in [-0.2, 0) is 9.53 Å². The van der Waals surface area contributed by atoms with Crippen LogP contribution in [0.2, 0.25) is 0 Å². The first-order chi connectivity index (χ1) is 7.56. The summed E-state index contributed by atoms with van der Waals surface area (Å²) < 4.78 is 28.7. The fourth-order valence-corrected chi connectivity index (χ4v) is 1.84. The highest BCUT2D eigenvalue weighted by Crippen LogP contribution is 2.52. The second-order valence-electron chi connectivity index (χ2n) is 3.85. The number of nitrogens with one attached hydrogen (secondary N) is 1. The molecule has 0 radical (unpaired) electrons. The van der Waals surface area contributed by atoms with Gasteiger partial charge in [-0.15, -0.1) is 0 Å². The molecule has 1 saturated carbocycles. The van der Waals surface area contributed by atoms with Crippen molar-refractivity contribution in [1.29, 1.82) is 0 Å². The molecular formula is C10H12F2N2O2. The van der Waals surface area contributed by atoms with Gasteiger partial charge in [-0.3, -0.25) is 4.79 Å². The van der Waals surface area contributed by atoms with E-state index in [-0.39, 0.29) is 5.76 Å². The van der Waals surface area contributed by atoms with Crippen molar-refractivity contribution >= 4 is 5.91 Å². The molecule has 4 nitrogen and oxygen atoms in total. The van der Waals surface area contributed by atoms with Crippen LogP contribution < -0.4 is 11.1 Å². The van der Waals surface area contributed by atoms with Gasteiger partial charge in [0.25, 0.3) is 0 Å². The van der Waals surface area contributed by atoms with Crippen LogP contribution in [0.4, 0.5) is 8.78 Å². The van der Waals surface area contributed by atoms with Crippen molar-refractivity contribution in [3.63, 3.8) is 0 Å². The molecule has 2 rings (SSSR count). The summed E-state index contributed by atoms with van der Waals surface area (Å²) in [4.78, 5) is 11.3. The molecule has 0 atom stereocenters. The summed E-state index contributed by atoms with van der Waals surface area (Å²) >= 11 is 0. The van der Waals surface area contributed by atoms with Crippen LogP contribution in [0, 0.1) is 5.41 Å². The van der Waals surface area contributed by atoms with E-state index in [0.717, 1.165) is 0 Å². The summed E-state index contributed by atoms with van der Waals surface area (Å²) in [7, 11) is 0. The van der Waals surface area contributed by atoms with Crippen molar-refractivity contribution in [2.75, 3.05) is 6.54 Å². The number of carbonyl (C=O) groups is 1. The highest BCUT2D eigenvalue weighted by atomic mass is 19.3. The number of amides is 1. The Labute approximate surface area is 91.1 Å². The molecule has 1 heterocycles. The van der Waals surface area contributed by atoms with Crippen LogP contribution in [0.15, 0.2) is 23.6 Å². The van der Waals surface area contributed by atoms with Crippen LogP contribution in [0.3, 0.4) is 0 Å². The van der Waals surface area contributed by atoms with E-state index in [1.165, 1.54) is 6.08 Å². The maximum atomic E-state index is 12.2. The Morgan fingerprint density at radius 2 is 2.25 bits per heavy atom. The van der Waals surface area contributed by atoms with Gasteiger partial charge >= 0.3 is 6.61 Å². The van der Waals surface area contributed by atoms with Gasteiger partial charge in [0.15, 0.2) is 0 Å². The molecule has 16 heavy (non-hydrogen) atoms. The molecule has 0 bridgehead atoms. The normalized spacial score (nSPS) is 21.9. The smallest absolute Gasteiger partial charge is 0.387 e. The zero-order valence-corrected chi connectivity index (χ0v) is 8.50. The number of nitrogens with two attached hydrogens (primary N) is 1. The lowest BCUT2D eigenvalue weighted by atomic mass is 9.98. The van der Waals surface area contributed by atoms with Gasteiger partial charge in [-0.1, -0.05) is 6.08 Å². The predicted octanol–water partition coefficient (Wildman–Crippen LogP) is 0.862. The number of allylic oxidation sites excluding steroid dienone is 1. The summed E-state index contributed by atoms with van der Waals surface area (Å²) in [6.45, 7) is -2.42. The number of primary amides is 1. The molecule has 1 aliphatic carbocycles. The van der Waals surface area contributed by atoms with E-state index < -0.39 is 17.9 Å². The van der Waals surface area contributed by atoms with Gasteiger partial charge in [-0.25, -0.2) is 0 Å². The lowest BCUT2D eigenvalue weighted by Gasteiger charge is -2.23. The second kappa shape index (κ2) is 3.77. The Morgan fingerprint density at radius 1 is 1.56 bits per heavy atom. The number of ether oxygens (including phenoxy) is 1. The Balaban J connectivity index is 2.31. The number of dihydropyridines is 1. The van der Waals surface area contributed by atoms with Gasteiger partial charge in [0.1, 0.15) is 5.76 Å². The SMILES string of the molecule is NC(=O)C1(C2=C(OC(F)F)C=CCN2)CC1. The van der Waals surface area contributed by atoms with Crippen LogP contribution in [-0.4, -0.2) is 19.1 Å². The summed E-state index contributed by atoms with van der Waals surface area (Å²) in [5, 5.41) is 2.89. The lowest BCUT2D eigenvalue weighted by molar-refractivity contribution is -0.122. The monoisotopic (exact) mass is 230 g/mol. The van der Waals surface area contributed by atoms with Gasteiger partial charge < -0.3 is 15.8 Å². The third-order valence-electron chi connectivity index (χ3n) is 2.83. The molecule has 1 fully saturated rings. The fourth-order valence-electron chi connectivity index (χ4n) is 1.84. The zero-order valence-electron chi connectivity index (χ0n) is 8.50. The number of hydrogen-bond acceptors (Lipinski definition) is 3. The molecule has 0 spiro atoms. The summed E-state index contributed by atoms with van der Waals surface area (Å²) in [6.07, 6.45) is 4.25. The maximum absolute atomic E-state index is 12.2. The minimum absolute atomic E-state index is 0.0116. The van der Waals surface area contributed by atoms with E-state index in [1.54, 1.807) is 6.08 Å². The number of carbonyl (C=O) groups excluding carboxylic acids is 1. The maximum Gasteiger partial charge on any atom is 0.387 e. The minimum atomic E-state index is -2.90. The van der Waals surface area contributed by atoms with Crippen molar-refractivity contribution in [3.05, 3.63) is 23.6 Å². The fraction of sp³-hybridized carbons (Fsp3) is 0.500. The van der Waals surface area contributed by atoms with Gasteiger partial charge in [0.2, 0.25) is 5.91 Å². The van der Waals surface area contributed by atoms with Crippen LogP contribution in [0.25, 0.3) is 0 Å². The second-order valence-corrected chi connectivity index (χ2v) is 3.85. The highest BCUT2D eigenvalue weighted by molar-refractivity contribution is 5.87. The number of halogens is 2. The molecule has 6 heteroatoms. The molecule has 3 N–H and O–H groups in total. The molecular weight excluding hydrogens is 218 g/mol. The first-order valence-electron chi connectivity index (χ1n) is 4.96. The third-order valence-corrected chi connectivity index (χ3v) is 2.83. The summed E-state index contributed by atoms with van der Waals surface area (Å²) in [6, 6.07) is 0. The standard InChI is InChI=1S/C10H12F2N2O2/c11-9(12)16-6-2-1-5-14-7(6)10(3-4-10)8(13)15/h1-2,9,14H,3-5H2,(H2,13,15). The first-order valence-corrected chi connectivity index (χ1v) is 4.96. The Hall–Kier alpha value is -1.59. The molecule has 0 aromatic rings. The van der Waals surface area contributed by atoms with E-state index in [1.807, 2.05) is 0 Å². The van der Waals surface area contributed by atoms with Crippen LogP contribution in [0.5, 0.6) is 0 Å². The van der Waals surface area contributed by atoms with Gasteiger partial charge in [-0.05, 0) is 18.9 Å². The molecule has 0 aromatic heterocycles. The van der Waals surface area contributed by atoms with Crippen molar-refractivity contribution in [2.24, 2.45) is 11.1 Å². The van der Waals surface area contributed by atoms with E-state index in [4.69, 9.17) is 5.73 Å². The third kappa shape index (κ3) is 1.75. The Bertz CT molecular complexity index is 373. The van der Waals surface area contributed by atoms with E-state index in [0.29, 0.717) is 25.1 Å². The first kappa shape index (κ1) is 10.9. The molecule has 1 aliphatic heterocycles. The van der Waals surface area contributed by atoms with Gasteiger partial charge in [0, 0.05) is 6.54 Å². The quantitative estimate of drug-likeness (QED) is 0.753. The van der Waals surface area contributed by atoms with Crippen molar-refractivity contribution in [3.8, 4) is 0 Å². The van der Waals surface area contributed by atoms with Crippen LogP contribution in [0.1, 0.15) is 12.8 Å². The molecule has 0 saturated heterocycles. The Kier molecular flexibility index (Phi) is 2.57. The number of rotatable bonds is 4. The molecule has 88 valence electrons. The Morgan fingerprint density at radius 3 is 2.75 bits per heavy atom. The average Bonchev–Trinajstić information content (AvgIpc) is 2.98. The molecule has 0 aromatic carbocycles. The number of hydrogen-bond donors (Lipinski definition) is 2. The van der Waals surface area contributed by atoms with Crippen molar-refractivity contribution in [1.82, 2.24) is 5.32 Å². The van der Waals surface area contributed by atoms with E-state index >= 15 is 0 Å². The van der Waals surface area contributed by atoms with Crippen molar-refractivity contribution in [2.45, 2.75) is 19.5 Å². The van der Waals surface area contributed by atoms with Gasteiger partial charge in [0.05, 0.1) is 11.1 Å². The molecule has 2 aliphatic rings. The number of alkyl halides is 2. The van der Waals surface area contributed by atoms with Crippen molar-refractivity contribution < 1.29 is 18.3 Å². The minimum Gasteiger partial charge on any atom is -0.433 e. The topological polar surface area (TPSA) is 64.4 Å². The van der Waals surface area contributed by atoms with Crippen LogP contribution >= 0.6 is 0 Å². The van der Waals surface area contributed by atoms with Gasteiger partial charge in [-0.2, -0.15) is 8.78 Å². The summed E-state index contributed by atoms with van der Waals surface area (Å²) in [5.41, 5.74) is 4.84. The van der Waals surface area contributed by atoms with E-state index in [9.17, 15) is 13.6 Å². The predicted molar refractivity (Wildman–Crippen MR) is 52.1 cm³/mol.